The van der Waals surface area contributed by atoms with E-state index in [-0.39, 0.29) is 11.1 Å². The van der Waals surface area contributed by atoms with Gasteiger partial charge in [-0.2, -0.15) is 16.9 Å². The number of aromatic nitrogens is 2. The van der Waals surface area contributed by atoms with Gasteiger partial charge in [0.25, 0.3) is 10.0 Å². The lowest BCUT2D eigenvalue weighted by atomic mass is 10.2. The van der Waals surface area contributed by atoms with Gasteiger partial charge in [-0.05, 0) is 45.1 Å². The Hall–Kier alpha value is -0.570. The summed E-state index contributed by atoms with van der Waals surface area (Å²) in [5, 5.41) is 10.3. The van der Waals surface area contributed by atoms with Crippen LogP contribution in [0.25, 0.3) is 0 Å². The van der Waals surface area contributed by atoms with Crippen molar-refractivity contribution in [3.8, 4) is 0 Å². The molecule has 0 saturated heterocycles. The molecule has 0 aliphatic heterocycles. The van der Waals surface area contributed by atoms with Crippen molar-refractivity contribution in [2.75, 3.05) is 12.0 Å². The van der Waals surface area contributed by atoms with E-state index in [1.807, 2.05) is 20.1 Å². The van der Waals surface area contributed by atoms with Crippen LogP contribution in [0.4, 0.5) is 0 Å². The van der Waals surface area contributed by atoms with Crippen LogP contribution in [0.3, 0.4) is 0 Å². The highest BCUT2D eigenvalue weighted by Gasteiger charge is 2.27. The van der Waals surface area contributed by atoms with Crippen molar-refractivity contribution in [3.05, 3.63) is 11.3 Å². The minimum Gasteiger partial charge on any atom is -0.310 e. The summed E-state index contributed by atoms with van der Waals surface area (Å²) >= 11 is 1.71. The molecule has 1 heterocycles. The van der Waals surface area contributed by atoms with Crippen molar-refractivity contribution in [1.82, 2.24) is 20.2 Å². The van der Waals surface area contributed by atoms with Crippen LogP contribution in [0.2, 0.25) is 0 Å². The lowest BCUT2D eigenvalue weighted by Gasteiger charge is -2.13. The molecule has 1 aromatic rings. The van der Waals surface area contributed by atoms with Gasteiger partial charge in [0.05, 0.1) is 0 Å². The number of thioether (sulfide) groups is 1. The van der Waals surface area contributed by atoms with Gasteiger partial charge in [-0.25, -0.2) is 13.1 Å². The quantitative estimate of drug-likeness (QED) is 0.636. The van der Waals surface area contributed by atoms with E-state index in [0.717, 1.165) is 23.4 Å². The maximum Gasteiger partial charge on any atom is 0.260 e. The highest BCUT2D eigenvalue weighted by molar-refractivity contribution is 7.98. The highest BCUT2D eigenvalue weighted by Crippen LogP contribution is 2.22. The third-order valence-corrected chi connectivity index (χ3v) is 5.75. The summed E-state index contributed by atoms with van der Waals surface area (Å²) < 4.78 is 27.7. The minimum absolute atomic E-state index is 0.0938. The molecule has 0 spiro atoms. The summed E-state index contributed by atoms with van der Waals surface area (Å²) in [6.45, 7) is 4.28. The molecule has 1 saturated carbocycles. The van der Waals surface area contributed by atoms with Crippen LogP contribution in [-0.2, 0) is 16.6 Å². The molecule has 2 rings (SSSR count). The number of hydrogen-bond donors (Lipinski definition) is 3. The maximum absolute atomic E-state index is 12.5. The Kier molecular flexibility index (Phi) is 5.70. The molecule has 3 N–H and O–H groups in total. The predicted molar refractivity (Wildman–Crippen MR) is 86.0 cm³/mol. The zero-order chi connectivity index (χ0) is 15.5. The number of H-pyrrole nitrogens is 1. The largest absolute Gasteiger partial charge is 0.310 e. The van der Waals surface area contributed by atoms with Crippen molar-refractivity contribution < 1.29 is 8.42 Å². The van der Waals surface area contributed by atoms with Crippen molar-refractivity contribution in [3.63, 3.8) is 0 Å². The molecule has 0 amide bonds. The van der Waals surface area contributed by atoms with Gasteiger partial charge in [-0.3, -0.25) is 5.10 Å². The fraction of sp³-hybridized carbons (Fsp3) is 0.769. The number of hydrogen-bond acceptors (Lipinski definition) is 5. The fourth-order valence-electron chi connectivity index (χ4n) is 2.07. The van der Waals surface area contributed by atoms with Gasteiger partial charge in [0.15, 0.2) is 5.03 Å². The average molecular weight is 332 g/mol. The number of aromatic amines is 1. The number of nitrogens with zero attached hydrogens (tertiary/aromatic N) is 1. The molecule has 0 aromatic carbocycles. The molecule has 1 aromatic heterocycles. The van der Waals surface area contributed by atoms with Gasteiger partial charge in [-0.15, -0.1) is 0 Å². The van der Waals surface area contributed by atoms with Crippen LogP contribution in [-0.4, -0.2) is 42.7 Å². The summed E-state index contributed by atoms with van der Waals surface area (Å²) in [7, 11) is -3.57. The first-order chi connectivity index (χ1) is 9.94. The van der Waals surface area contributed by atoms with Gasteiger partial charge >= 0.3 is 0 Å². The molecule has 120 valence electrons. The monoisotopic (exact) mass is 332 g/mol. The zero-order valence-corrected chi connectivity index (χ0v) is 14.4. The SMILES string of the molecule is CSCCC(C)NS(=O)(=O)c1n[nH]c(C)c1CNC1CC1. The number of rotatable bonds is 9. The zero-order valence-electron chi connectivity index (χ0n) is 12.8. The standard InChI is InChI=1S/C13H24N4O2S2/c1-9(6-7-20-3)17-21(18,19)13-12(10(2)15-16-13)8-14-11-4-5-11/h9,11,14,17H,4-8H2,1-3H3,(H,15,16). The first-order valence-corrected chi connectivity index (χ1v) is 10.1. The Balaban J connectivity index is 2.07. The maximum atomic E-state index is 12.5. The van der Waals surface area contributed by atoms with E-state index >= 15 is 0 Å². The Morgan fingerprint density at radius 3 is 2.81 bits per heavy atom. The lowest BCUT2D eigenvalue weighted by molar-refractivity contribution is 0.550. The third-order valence-electron chi connectivity index (χ3n) is 3.55. The van der Waals surface area contributed by atoms with Crippen LogP contribution >= 0.6 is 11.8 Å². The number of aryl methyl sites for hydroxylation is 1. The van der Waals surface area contributed by atoms with Crippen LogP contribution in [0.5, 0.6) is 0 Å². The van der Waals surface area contributed by atoms with Gasteiger partial charge in [0.1, 0.15) is 0 Å². The van der Waals surface area contributed by atoms with E-state index < -0.39 is 10.0 Å². The molecule has 6 nitrogen and oxygen atoms in total. The second-order valence-electron chi connectivity index (χ2n) is 5.59. The van der Waals surface area contributed by atoms with Crippen LogP contribution in [0.15, 0.2) is 5.03 Å². The van der Waals surface area contributed by atoms with Crippen molar-refractivity contribution in [1.29, 1.82) is 0 Å². The van der Waals surface area contributed by atoms with Crippen molar-refractivity contribution in [2.24, 2.45) is 0 Å². The Morgan fingerprint density at radius 1 is 1.48 bits per heavy atom. The molecule has 1 aliphatic carbocycles. The molecule has 1 atom stereocenters. The molecule has 1 fully saturated rings. The molecule has 0 radical (unpaired) electrons. The third kappa shape index (κ3) is 4.70. The number of sulfonamides is 1. The van der Waals surface area contributed by atoms with Crippen molar-refractivity contribution in [2.45, 2.75) is 56.8 Å². The van der Waals surface area contributed by atoms with Gasteiger partial charge < -0.3 is 5.32 Å². The van der Waals surface area contributed by atoms with Gasteiger partial charge in [0.2, 0.25) is 0 Å². The smallest absolute Gasteiger partial charge is 0.260 e. The molecule has 0 bridgehead atoms. The fourth-order valence-corrected chi connectivity index (χ4v) is 4.13. The number of nitrogens with one attached hydrogen (secondary N) is 3. The normalized spacial score (nSPS) is 17.1. The van der Waals surface area contributed by atoms with E-state index in [1.54, 1.807) is 11.8 Å². The van der Waals surface area contributed by atoms with Gasteiger partial charge in [0, 0.05) is 29.9 Å². The van der Waals surface area contributed by atoms with Crippen LogP contribution in [0.1, 0.15) is 37.4 Å². The summed E-state index contributed by atoms with van der Waals surface area (Å²) in [5.41, 5.74) is 1.55. The molecular weight excluding hydrogens is 308 g/mol. The molecule has 1 unspecified atom stereocenters. The highest BCUT2D eigenvalue weighted by atomic mass is 32.2. The summed E-state index contributed by atoms with van der Waals surface area (Å²) in [6, 6.07) is 0.437. The Bertz CT molecular complexity index is 567. The van der Waals surface area contributed by atoms with E-state index in [9.17, 15) is 8.42 Å². The van der Waals surface area contributed by atoms with E-state index in [0.29, 0.717) is 12.6 Å². The first kappa shape index (κ1) is 16.8. The molecule has 21 heavy (non-hydrogen) atoms. The Labute approximate surface area is 130 Å². The lowest BCUT2D eigenvalue weighted by Crippen LogP contribution is -2.34. The molecular formula is C13H24N4O2S2. The van der Waals surface area contributed by atoms with E-state index in [2.05, 4.69) is 20.2 Å². The molecule has 1 aliphatic rings. The average Bonchev–Trinajstić information content (AvgIpc) is 3.16. The molecule has 8 heteroatoms. The van der Waals surface area contributed by atoms with Crippen LogP contribution < -0.4 is 10.0 Å². The van der Waals surface area contributed by atoms with Crippen molar-refractivity contribution >= 4 is 21.8 Å². The second kappa shape index (κ2) is 7.13. The van der Waals surface area contributed by atoms with Gasteiger partial charge in [-0.1, -0.05) is 0 Å². The summed E-state index contributed by atoms with van der Waals surface area (Å²) in [6.07, 6.45) is 5.16. The van der Waals surface area contributed by atoms with Crippen LogP contribution in [0, 0.1) is 6.92 Å². The van der Waals surface area contributed by atoms with E-state index in [4.69, 9.17) is 0 Å². The summed E-state index contributed by atoms with van der Waals surface area (Å²) in [4.78, 5) is 0. The summed E-state index contributed by atoms with van der Waals surface area (Å²) in [5.74, 6) is 0.930. The Morgan fingerprint density at radius 2 is 2.19 bits per heavy atom. The van der Waals surface area contributed by atoms with E-state index in [1.165, 1.54) is 12.8 Å². The topological polar surface area (TPSA) is 86.9 Å². The predicted octanol–water partition coefficient (Wildman–Crippen LogP) is 1.39. The second-order valence-corrected chi connectivity index (χ2v) is 8.21. The minimum atomic E-state index is -3.57. The first-order valence-electron chi connectivity index (χ1n) is 7.22.